The van der Waals surface area contributed by atoms with Gasteiger partial charge in [-0.1, -0.05) is 48.5 Å². The smallest absolute Gasteiger partial charge is 0.376 e. The number of nitrogens with one attached hydrogen (secondary N) is 5. The average Bonchev–Trinajstić information content (AvgIpc) is 3.53. The van der Waals surface area contributed by atoms with E-state index in [-0.39, 0.29) is 38.3 Å². The Balaban J connectivity index is 1.57. The Morgan fingerprint density at radius 3 is 1.41 bits per heavy atom. The Hall–Kier alpha value is -5.23. The first-order valence-electron chi connectivity index (χ1n) is 19.2. The van der Waals surface area contributed by atoms with Crippen LogP contribution >= 0.6 is 0 Å². The first-order valence-corrected chi connectivity index (χ1v) is 19.2. The number of hydrogen-bond acceptors (Lipinski definition) is 12. The van der Waals surface area contributed by atoms with Gasteiger partial charge in [0, 0.05) is 5.92 Å². The van der Waals surface area contributed by atoms with Crippen LogP contribution in [0.25, 0.3) is 11.1 Å². The van der Waals surface area contributed by atoms with Crippen molar-refractivity contribution in [2.24, 2.45) is 22.9 Å². The third-order valence-corrected chi connectivity index (χ3v) is 9.37. The Morgan fingerprint density at radius 2 is 0.964 bits per heavy atom. The maximum Gasteiger partial charge on any atom is 0.376 e. The summed E-state index contributed by atoms with van der Waals surface area (Å²) < 4.78 is 5.54. The molecule has 0 saturated carbocycles. The summed E-state index contributed by atoms with van der Waals surface area (Å²) in [6.45, 7) is -0.335. The van der Waals surface area contributed by atoms with Gasteiger partial charge in [0.15, 0.2) is 0 Å². The van der Waals surface area contributed by atoms with Crippen LogP contribution < -0.4 is 49.5 Å². The predicted molar refractivity (Wildman–Crippen MR) is 209 cm³/mol. The van der Waals surface area contributed by atoms with Crippen molar-refractivity contribution in [2.75, 3.05) is 45.9 Å². The molecule has 3 rings (SSSR count). The van der Waals surface area contributed by atoms with Gasteiger partial charge in [-0.25, -0.2) is 4.79 Å². The van der Waals surface area contributed by atoms with E-state index in [0.717, 1.165) is 22.3 Å². The molecule has 0 saturated heterocycles. The largest absolute Gasteiger partial charge is 0.459 e. The molecule has 1 aliphatic carbocycles. The summed E-state index contributed by atoms with van der Waals surface area (Å²) in [5.41, 5.74) is 26.2. The maximum absolute atomic E-state index is 13.3. The summed E-state index contributed by atoms with van der Waals surface area (Å²) in [6.07, 6.45) is 3.79. The first-order chi connectivity index (χ1) is 27.0. The van der Waals surface area contributed by atoms with E-state index in [0.29, 0.717) is 58.2 Å². The van der Waals surface area contributed by atoms with E-state index in [1.807, 2.05) is 48.5 Å². The molecule has 0 spiro atoms. The first kappa shape index (κ1) is 45.2. The van der Waals surface area contributed by atoms with Crippen molar-refractivity contribution < 1.29 is 38.3 Å². The van der Waals surface area contributed by atoms with Crippen LogP contribution in [0.15, 0.2) is 48.5 Å². The Morgan fingerprint density at radius 1 is 0.554 bits per heavy atom. The van der Waals surface area contributed by atoms with E-state index >= 15 is 0 Å². The second kappa shape index (κ2) is 24.3. The van der Waals surface area contributed by atoms with E-state index in [9.17, 15) is 33.6 Å². The highest BCUT2D eigenvalue weighted by molar-refractivity contribution is 6.36. The number of carbonyl (C=O) groups excluding carboxylic acids is 7. The van der Waals surface area contributed by atoms with Gasteiger partial charge < -0.3 is 54.3 Å². The minimum atomic E-state index is -1.22. The molecule has 2 aromatic carbocycles. The number of nitrogens with two attached hydrogens (primary N) is 4. The van der Waals surface area contributed by atoms with Crippen molar-refractivity contribution in [1.82, 2.24) is 26.6 Å². The van der Waals surface area contributed by atoms with Crippen LogP contribution in [0, 0.1) is 0 Å². The highest BCUT2D eigenvalue weighted by Crippen LogP contribution is 2.44. The van der Waals surface area contributed by atoms with Crippen LogP contribution in [0.5, 0.6) is 0 Å². The van der Waals surface area contributed by atoms with Crippen molar-refractivity contribution in [3.8, 4) is 11.1 Å². The van der Waals surface area contributed by atoms with Crippen LogP contribution in [0.3, 0.4) is 0 Å². The molecule has 17 nitrogen and oxygen atoms in total. The standard InChI is InChI=1S/C39H57N9O8/c40-18-8-5-15-30(36(52)39(55)56-24-29-27-13-3-1-11-25(27)26-12-2-4-14-28(26)29)46-34(50)22-44-38(54)32(17-7-10-20-42)48-35(51)23-45-37(53)31(16-6-9-19-41)47-33(49)21-43/h1-4,11-14,29-32H,5-10,15-24,40-43H2,(H,44,54)(H,45,53)(H,46,50)(H,47,49)(H,48,51)/t30-,31-,32-/m0/s1. The molecular formula is C39H57N9O8. The monoisotopic (exact) mass is 779 g/mol. The van der Waals surface area contributed by atoms with E-state index in [4.69, 9.17) is 27.7 Å². The molecular weight excluding hydrogens is 722 g/mol. The van der Waals surface area contributed by atoms with E-state index < -0.39 is 72.5 Å². The molecule has 0 heterocycles. The SMILES string of the molecule is NCCCC[C@H](NC(=O)CN)C(=O)NCC(=O)N[C@@H](CCCCN)C(=O)NCC(=O)N[C@@H](CCCCN)C(=O)C(=O)OCC1c2ccccc2-c2ccccc21. The quantitative estimate of drug-likeness (QED) is 0.0314. The van der Waals surface area contributed by atoms with Crippen molar-refractivity contribution in [3.63, 3.8) is 0 Å². The number of Topliss-reactive ketones (excluding diaryl/α,β-unsaturated/α-hetero) is 1. The number of esters is 1. The lowest BCUT2D eigenvalue weighted by molar-refractivity contribution is -0.155. The molecule has 0 radical (unpaired) electrons. The second-order valence-electron chi connectivity index (χ2n) is 13.5. The fourth-order valence-corrected chi connectivity index (χ4v) is 6.42. The Kier molecular flexibility index (Phi) is 19.6. The zero-order valence-electron chi connectivity index (χ0n) is 31.8. The van der Waals surface area contributed by atoms with E-state index in [2.05, 4.69) is 26.6 Å². The molecule has 306 valence electrons. The lowest BCUT2D eigenvalue weighted by Crippen LogP contribution is -2.54. The predicted octanol–water partition coefficient (Wildman–Crippen LogP) is -1.06. The number of amides is 5. The number of fused-ring (bicyclic) bond motifs is 3. The van der Waals surface area contributed by atoms with Crippen LogP contribution in [0.4, 0.5) is 0 Å². The van der Waals surface area contributed by atoms with Crippen molar-refractivity contribution in [1.29, 1.82) is 0 Å². The number of ketones is 1. The molecule has 5 amide bonds. The minimum Gasteiger partial charge on any atom is -0.459 e. The highest BCUT2D eigenvalue weighted by atomic mass is 16.5. The average molecular weight is 780 g/mol. The zero-order chi connectivity index (χ0) is 40.9. The van der Waals surface area contributed by atoms with Gasteiger partial charge in [-0.3, -0.25) is 28.8 Å². The minimum absolute atomic E-state index is 0.0701. The van der Waals surface area contributed by atoms with Gasteiger partial charge in [0.05, 0.1) is 25.7 Å². The van der Waals surface area contributed by atoms with Crippen molar-refractivity contribution >= 4 is 41.3 Å². The molecule has 0 aromatic heterocycles. The highest BCUT2D eigenvalue weighted by Gasteiger charge is 2.33. The number of ether oxygens (including phenoxy) is 1. The lowest BCUT2D eigenvalue weighted by Gasteiger charge is -2.21. The number of hydrogen-bond donors (Lipinski definition) is 9. The normalized spacial score (nSPS) is 13.3. The maximum atomic E-state index is 13.3. The molecule has 3 atom stereocenters. The van der Waals surface area contributed by atoms with E-state index in [1.54, 1.807) is 0 Å². The van der Waals surface area contributed by atoms with Gasteiger partial charge in [0.25, 0.3) is 5.78 Å². The number of rotatable bonds is 26. The van der Waals surface area contributed by atoms with Crippen LogP contribution in [0.1, 0.15) is 74.8 Å². The third-order valence-electron chi connectivity index (χ3n) is 9.37. The van der Waals surface area contributed by atoms with Crippen LogP contribution in [0.2, 0.25) is 0 Å². The van der Waals surface area contributed by atoms with E-state index in [1.165, 1.54) is 0 Å². The molecule has 56 heavy (non-hydrogen) atoms. The summed E-state index contributed by atoms with van der Waals surface area (Å²) in [7, 11) is 0. The summed E-state index contributed by atoms with van der Waals surface area (Å²) in [4.78, 5) is 90.1. The Labute approximate surface area is 327 Å². The molecule has 0 unspecified atom stereocenters. The van der Waals surface area contributed by atoms with Gasteiger partial charge >= 0.3 is 5.97 Å². The lowest BCUT2D eigenvalue weighted by atomic mass is 9.98. The zero-order valence-corrected chi connectivity index (χ0v) is 31.8. The van der Waals surface area contributed by atoms with Gasteiger partial charge in [0.2, 0.25) is 29.5 Å². The third kappa shape index (κ3) is 14.1. The fourth-order valence-electron chi connectivity index (χ4n) is 6.42. The summed E-state index contributed by atoms with van der Waals surface area (Å²) in [5.74, 6) is -5.53. The summed E-state index contributed by atoms with van der Waals surface area (Å²) in [6, 6.07) is 12.3. The van der Waals surface area contributed by atoms with Crippen molar-refractivity contribution in [2.45, 2.75) is 81.8 Å². The van der Waals surface area contributed by atoms with Gasteiger partial charge in [0.1, 0.15) is 18.7 Å². The molecule has 13 N–H and O–H groups in total. The number of unbranched alkanes of at least 4 members (excludes halogenated alkanes) is 3. The molecule has 0 bridgehead atoms. The molecule has 0 aliphatic heterocycles. The topological polar surface area (TPSA) is 293 Å². The van der Waals surface area contributed by atoms with Crippen LogP contribution in [-0.2, 0) is 38.3 Å². The van der Waals surface area contributed by atoms with Crippen molar-refractivity contribution in [3.05, 3.63) is 59.7 Å². The van der Waals surface area contributed by atoms with Gasteiger partial charge in [-0.15, -0.1) is 0 Å². The molecule has 1 aliphatic rings. The second-order valence-corrected chi connectivity index (χ2v) is 13.5. The van der Waals surface area contributed by atoms with Gasteiger partial charge in [-0.05, 0) is 99.7 Å². The number of carbonyl (C=O) groups is 7. The van der Waals surface area contributed by atoms with Gasteiger partial charge in [-0.2, -0.15) is 0 Å². The fraction of sp³-hybridized carbons (Fsp3) is 0.513. The van der Waals surface area contributed by atoms with Crippen LogP contribution in [-0.4, -0.2) is 105 Å². The molecule has 17 heteroatoms. The molecule has 2 aromatic rings. The number of benzene rings is 2. The molecule has 0 fully saturated rings. The summed E-state index contributed by atoms with van der Waals surface area (Å²) in [5, 5.41) is 12.6. The summed E-state index contributed by atoms with van der Waals surface area (Å²) >= 11 is 0. The Bertz CT molecular complexity index is 1610.